The Hall–Kier alpha value is -0.810. The molecule has 0 fully saturated rings. The van der Waals surface area contributed by atoms with Crippen LogP contribution in [0.5, 0.6) is 0 Å². The van der Waals surface area contributed by atoms with Crippen molar-refractivity contribution in [1.82, 2.24) is 15.3 Å². The van der Waals surface area contributed by atoms with E-state index in [1.54, 1.807) is 17.8 Å². The Morgan fingerprint density at radius 1 is 1.30 bits per heavy atom. The molecule has 1 unspecified atom stereocenters. The van der Waals surface area contributed by atoms with Gasteiger partial charge in [-0.3, -0.25) is 4.79 Å². The van der Waals surface area contributed by atoms with E-state index in [2.05, 4.69) is 36.1 Å². The van der Waals surface area contributed by atoms with Gasteiger partial charge >= 0.3 is 0 Å². The second kappa shape index (κ2) is 10.00. The molecule has 5 heteroatoms. The summed E-state index contributed by atoms with van der Waals surface area (Å²) in [5, 5.41) is 4.30. The topological polar surface area (TPSA) is 57.8 Å². The highest BCUT2D eigenvalue weighted by Crippen LogP contribution is 2.15. The van der Waals surface area contributed by atoms with Crippen LogP contribution in [0.4, 0.5) is 0 Å². The van der Waals surface area contributed by atoms with Crippen LogP contribution < -0.4 is 10.9 Å². The fourth-order valence-electron chi connectivity index (χ4n) is 2.06. The van der Waals surface area contributed by atoms with E-state index in [1.165, 1.54) is 6.42 Å². The van der Waals surface area contributed by atoms with Gasteiger partial charge in [0.1, 0.15) is 0 Å². The normalized spacial score (nSPS) is 12.6. The smallest absolute Gasteiger partial charge is 0.251 e. The largest absolute Gasteiger partial charge is 0.313 e. The van der Waals surface area contributed by atoms with E-state index in [0.717, 1.165) is 48.8 Å². The van der Waals surface area contributed by atoms with Crippen LogP contribution in [-0.2, 0) is 6.42 Å². The number of rotatable bonds is 10. The van der Waals surface area contributed by atoms with Crippen molar-refractivity contribution in [1.29, 1.82) is 0 Å². The standard InChI is InChI=1S/C15H27N3OS/c1-4-7-12-10-14(19)18-15(17-12)20-11-13(8-5-2)16-9-6-3/h10,13,16H,4-9,11H2,1-3H3,(H,17,18,19). The van der Waals surface area contributed by atoms with Crippen LogP contribution in [0.1, 0.15) is 52.1 Å². The van der Waals surface area contributed by atoms with Crippen molar-refractivity contribution < 1.29 is 0 Å². The van der Waals surface area contributed by atoms with Crippen LogP contribution in [0.25, 0.3) is 0 Å². The maximum atomic E-state index is 11.6. The van der Waals surface area contributed by atoms with Crippen LogP contribution in [-0.4, -0.2) is 28.3 Å². The molecule has 0 radical (unpaired) electrons. The molecule has 1 aromatic heterocycles. The SMILES string of the molecule is CCCNC(CCC)CSc1nc(CCC)cc(=O)[nH]1. The minimum Gasteiger partial charge on any atom is -0.313 e. The summed E-state index contributed by atoms with van der Waals surface area (Å²) < 4.78 is 0. The third kappa shape index (κ3) is 6.57. The summed E-state index contributed by atoms with van der Waals surface area (Å²) in [6.07, 6.45) is 5.35. The highest BCUT2D eigenvalue weighted by atomic mass is 32.2. The maximum Gasteiger partial charge on any atom is 0.251 e. The van der Waals surface area contributed by atoms with Crippen molar-refractivity contribution in [2.45, 2.75) is 64.1 Å². The molecule has 20 heavy (non-hydrogen) atoms. The summed E-state index contributed by atoms with van der Waals surface area (Å²) in [4.78, 5) is 18.9. The Bertz CT molecular complexity index is 433. The van der Waals surface area contributed by atoms with E-state index in [-0.39, 0.29) is 5.56 Å². The number of nitrogens with one attached hydrogen (secondary N) is 2. The third-order valence-electron chi connectivity index (χ3n) is 3.02. The molecule has 0 aliphatic rings. The van der Waals surface area contributed by atoms with Gasteiger partial charge in [0.2, 0.25) is 0 Å². The zero-order chi connectivity index (χ0) is 14.8. The summed E-state index contributed by atoms with van der Waals surface area (Å²) in [5.41, 5.74) is 0.854. The summed E-state index contributed by atoms with van der Waals surface area (Å²) in [7, 11) is 0. The third-order valence-corrected chi connectivity index (χ3v) is 4.06. The second-order valence-electron chi connectivity index (χ2n) is 5.04. The van der Waals surface area contributed by atoms with Crippen LogP contribution >= 0.6 is 11.8 Å². The molecule has 0 saturated carbocycles. The summed E-state index contributed by atoms with van der Waals surface area (Å²) in [6, 6.07) is 2.09. The van der Waals surface area contributed by atoms with Gasteiger partial charge in [-0.25, -0.2) is 4.98 Å². The summed E-state index contributed by atoms with van der Waals surface area (Å²) in [6.45, 7) is 7.52. The van der Waals surface area contributed by atoms with Gasteiger partial charge < -0.3 is 10.3 Å². The quantitative estimate of drug-likeness (QED) is 0.515. The molecule has 2 N–H and O–H groups in total. The van der Waals surface area contributed by atoms with Gasteiger partial charge in [0.25, 0.3) is 5.56 Å². The zero-order valence-electron chi connectivity index (χ0n) is 12.9. The molecule has 1 rings (SSSR count). The fourth-order valence-corrected chi connectivity index (χ4v) is 3.05. The molecule has 0 aliphatic carbocycles. The minimum atomic E-state index is -0.0421. The number of thioether (sulfide) groups is 1. The predicted octanol–water partition coefficient (Wildman–Crippen LogP) is 2.98. The number of hydrogen-bond acceptors (Lipinski definition) is 4. The monoisotopic (exact) mass is 297 g/mol. The number of nitrogens with zero attached hydrogens (tertiary/aromatic N) is 1. The van der Waals surface area contributed by atoms with E-state index >= 15 is 0 Å². The van der Waals surface area contributed by atoms with E-state index in [9.17, 15) is 4.79 Å². The van der Waals surface area contributed by atoms with E-state index in [0.29, 0.717) is 6.04 Å². The number of aryl methyl sites for hydroxylation is 1. The molecule has 0 spiro atoms. The lowest BCUT2D eigenvalue weighted by Crippen LogP contribution is -2.32. The number of aromatic amines is 1. The van der Waals surface area contributed by atoms with Crippen molar-refractivity contribution in [3.8, 4) is 0 Å². The second-order valence-corrected chi connectivity index (χ2v) is 6.05. The van der Waals surface area contributed by atoms with E-state index in [1.807, 2.05) is 0 Å². The molecule has 0 amide bonds. The lowest BCUT2D eigenvalue weighted by molar-refractivity contribution is 0.514. The van der Waals surface area contributed by atoms with Crippen LogP contribution in [0.2, 0.25) is 0 Å². The van der Waals surface area contributed by atoms with Crippen molar-refractivity contribution in [3.05, 3.63) is 22.1 Å². The lowest BCUT2D eigenvalue weighted by Gasteiger charge is -2.17. The van der Waals surface area contributed by atoms with Crippen LogP contribution in [0.3, 0.4) is 0 Å². The summed E-state index contributed by atoms with van der Waals surface area (Å²) >= 11 is 1.64. The molecule has 0 aromatic carbocycles. The minimum absolute atomic E-state index is 0.0421. The average molecular weight is 297 g/mol. The maximum absolute atomic E-state index is 11.6. The molecule has 0 bridgehead atoms. The van der Waals surface area contributed by atoms with E-state index < -0.39 is 0 Å². The first kappa shape index (κ1) is 17.2. The molecule has 4 nitrogen and oxygen atoms in total. The first-order valence-corrected chi connectivity index (χ1v) is 8.64. The first-order valence-electron chi connectivity index (χ1n) is 7.66. The molecule has 1 heterocycles. The molecule has 1 aromatic rings. The highest BCUT2D eigenvalue weighted by molar-refractivity contribution is 7.99. The highest BCUT2D eigenvalue weighted by Gasteiger charge is 2.09. The van der Waals surface area contributed by atoms with Crippen molar-refractivity contribution in [2.75, 3.05) is 12.3 Å². The Labute approximate surface area is 126 Å². The molecular formula is C15H27N3OS. The Balaban J connectivity index is 2.59. The first-order chi connectivity index (χ1) is 9.69. The average Bonchev–Trinajstić information content (AvgIpc) is 2.42. The number of H-pyrrole nitrogens is 1. The summed E-state index contributed by atoms with van der Waals surface area (Å²) in [5.74, 6) is 0.951. The molecule has 114 valence electrons. The van der Waals surface area contributed by atoms with Crippen LogP contribution in [0, 0.1) is 0 Å². The Morgan fingerprint density at radius 3 is 2.75 bits per heavy atom. The van der Waals surface area contributed by atoms with Gasteiger partial charge in [0.15, 0.2) is 5.16 Å². The van der Waals surface area contributed by atoms with Crippen molar-refractivity contribution in [3.63, 3.8) is 0 Å². The number of aromatic nitrogens is 2. The zero-order valence-corrected chi connectivity index (χ0v) is 13.7. The van der Waals surface area contributed by atoms with Gasteiger partial charge in [0, 0.05) is 23.6 Å². The molecule has 0 saturated heterocycles. The van der Waals surface area contributed by atoms with Gasteiger partial charge in [0.05, 0.1) is 0 Å². The van der Waals surface area contributed by atoms with Gasteiger partial charge in [-0.1, -0.05) is 45.4 Å². The predicted molar refractivity (Wildman–Crippen MR) is 86.6 cm³/mol. The Kier molecular flexibility index (Phi) is 8.62. The molecule has 1 atom stereocenters. The fraction of sp³-hybridized carbons (Fsp3) is 0.733. The van der Waals surface area contributed by atoms with Gasteiger partial charge in [-0.15, -0.1) is 0 Å². The molecule has 0 aliphatic heterocycles. The van der Waals surface area contributed by atoms with Gasteiger partial charge in [-0.2, -0.15) is 0 Å². The Morgan fingerprint density at radius 2 is 2.10 bits per heavy atom. The van der Waals surface area contributed by atoms with Crippen molar-refractivity contribution >= 4 is 11.8 Å². The molecular weight excluding hydrogens is 270 g/mol. The van der Waals surface area contributed by atoms with Gasteiger partial charge in [-0.05, 0) is 25.8 Å². The van der Waals surface area contributed by atoms with Crippen LogP contribution in [0.15, 0.2) is 16.0 Å². The lowest BCUT2D eigenvalue weighted by atomic mass is 10.2. The van der Waals surface area contributed by atoms with E-state index in [4.69, 9.17) is 0 Å². The number of hydrogen-bond donors (Lipinski definition) is 2. The van der Waals surface area contributed by atoms with Crippen molar-refractivity contribution in [2.24, 2.45) is 0 Å².